The molecule has 2 heterocycles. The SMILES string of the molecule is CC1(Nc2ccc(C#N)cn2)CCN(C(=O)O)C1. The molecule has 1 aliphatic rings. The van der Waals surface area contributed by atoms with Gasteiger partial charge in [-0.15, -0.1) is 0 Å². The smallest absolute Gasteiger partial charge is 0.407 e. The van der Waals surface area contributed by atoms with E-state index in [4.69, 9.17) is 10.4 Å². The van der Waals surface area contributed by atoms with Gasteiger partial charge in [0.1, 0.15) is 11.9 Å². The number of rotatable bonds is 2. The van der Waals surface area contributed by atoms with Crippen LogP contribution in [0.1, 0.15) is 18.9 Å². The van der Waals surface area contributed by atoms with Crippen LogP contribution < -0.4 is 5.32 Å². The first-order valence-corrected chi connectivity index (χ1v) is 5.65. The Kier molecular flexibility index (Phi) is 3.06. The number of nitriles is 1. The van der Waals surface area contributed by atoms with Gasteiger partial charge in [0.25, 0.3) is 0 Å². The van der Waals surface area contributed by atoms with Crippen molar-refractivity contribution in [2.45, 2.75) is 18.9 Å². The third-order valence-corrected chi connectivity index (χ3v) is 3.07. The zero-order valence-corrected chi connectivity index (χ0v) is 10.1. The number of carbonyl (C=O) groups is 1. The Bertz CT molecular complexity index is 494. The van der Waals surface area contributed by atoms with Gasteiger partial charge in [0.15, 0.2) is 0 Å². The van der Waals surface area contributed by atoms with Crippen LogP contribution in [-0.2, 0) is 0 Å². The summed E-state index contributed by atoms with van der Waals surface area (Å²) in [6.45, 7) is 2.93. The van der Waals surface area contributed by atoms with Gasteiger partial charge in [-0.3, -0.25) is 0 Å². The Morgan fingerprint density at radius 1 is 1.67 bits per heavy atom. The summed E-state index contributed by atoms with van der Waals surface area (Å²) in [5, 5.41) is 20.8. The van der Waals surface area contributed by atoms with Crippen LogP contribution in [0.3, 0.4) is 0 Å². The first kappa shape index (κ1) is 12.2. The number of likely N-dealkylation sites (tertiary alicyclic amines) is 1. The van der Waals surface area contributed by atoms with Crippen LogP contribution in [0, 0.1) is 11.3 Å². The van der Waals surface area contributed by atoms with Crippen LogP contribution in [0.25, 0.3) is 0 Å². The zero-order chi connectivity index (χ0) is 13.2. The molecule has 1 amide bonds. The molecule has 1 atom stereocenters. The maximum Gasteiger partial charge on any atom is 0.407 e. The van der Waals surface area contributed by atoms with E-state index in [2.05, 4.69) is 10.3 Å². The summed E-state index contributed by atoms with van der Waals surface area (Å²) in [4.78, 5) is 16.4. The molecule has 0 radical (unpaired) electrons. The van der Waals surface area contributed by atoms with Gasteiger partial charge in [0, 0.05) is 19.3 Å². The van der Waals surface area contributed by atoms with E-state index < -0.39 is 6.09 Å². The fraction of sp³-hybridized carbons (Fsp3) is 0.417. The molecule has 0 aromatic carbocycles. The molecule has 1 aromatic rings. The maximum atomic E-state index is 10.9. The number of nitrogens with one attached hydrogen (secondary N) is 1. The number of pyridine rings is 1. The number of hydrogen-bond donors (Lipinski definition) is 2. The van der Waals surface area contributed by atoms with Crippen molar-refractivity contribution >= 4 is 11.9 Å². The average molecular weight is 246 g/mol. The van der Waals surface area contributed by atoms with Gasteiger partial charge in [0.2, 0.25) is 0 Å². The van der Waals surface area contributed by atoms with E-state index in [1.54, 1.807) is 12.1 Å². The summed E-state index contributed by atoms with van der Waals surface area (Å²) >= 11 is 0. The van der Waals surface area contributed by atoms with E-state index in [1.807, 2.05) is 13.0 Å². The van der Waals surface area contributed by atoms with E-state index in [0.717, 1.165) is 6.42 Å². The van der Waals surface area contributed by atoms with Gasteiger partial charge in [-0.2, -0.15) is 5.26 Å². The minimum absolute atomic E-state index is 0.306. The molecule has 94 valence electrons. The summed E-state index contributed by atoms with van der Waals surface area (Å²) < 4.78 is 0. The second kappa shape index (κ2) is 4.53. The van der Waals surface area contributed by atoms with Gasteiger partial charge >= 0.3 is 6.09 Å². The van der Waals surface area contributed by atoms with Crippen molar-refractivity contribution in [2.24, 2.45) is 0 Å². The van der Waals surface area contributed by atoms with Crippen molar-refractivity contribution in [3.8, 4) is 6.07 Å². The van der Waals surface area contributed by atoms with Crippen LogP contribution >= 0.6 is 0 Å². The molecule has 1 fully saturated rings. The van der Waals surface area contributed by atoms with E-state index >= 15 is 0 Å². The predicted molar refractivity (Wildman–Crippen MR) is 65.2 cm³/mol. The first-order chi connectivity index (χ1) is 8.52. The molecule has 6 nitrogen and oxygen atoms in total. The molecular weight excluding hydrogens is 232 g/mol. The molecule has 0 saturated carbocycles. The van der Waals surface area contributed by atoms with Crippen LogP contribution in [-0.4, -0.2) is 39.7 Å². The number of amides is 1. The van der Waals surface area contributed by atoms with Crippen molar-refractivity contribution in [1.29, 1.82) is 5.26 Å². The minimum atomic E-state index is -0.895. The maximum absolute atomic E-state index is 10.9. The molecule has 0 aliphatic carbocycles. The highest BCUT2D eigenvalue weighted by molar-refractivity contribution is 5.66. The lowest BCUT2D eigenvalue weighted by atomic mass is 10.0. The molecule has 0 bridgehead atoms. The Balaban J connectivity index is 2.05. The second-order valence-corrected chi connectivity index (χ2v) is 4.68. The monoisotopic (exact) mass is 246 g/mol. The molecule has 1 unspecified atom stereocenters. The van der Waals surface area contributed by atoms with Crippen LogP contribution in [0.5, 0.6) is 0 Å². The van der Waals surface area contributed by atoms with E-state index in [1.165, 1.54) is 11.1 Å². The second-order valence-electron chi connectivity index (χ2n) is 4.68. The van der Waals surface area contributed by atoms with Gasteiger partial charge in [0.05, 0.1) is 11.1 Å². The Morgan fingerprint density at radius 3 is 2.94 bits per heavy atom. The summed E-state index contributed by atoms with van der Waals surface area (Å²) in [7, 11) is 0. The standard InChI is InChI=1S/C12H14N4O2/c1-12(4-5-16(8-12)11(17)18)15-10-3-2-9(6-13)7-14-10/h2-3,7H,4-5,8H2,1H3,(H,14,15)(H,17,18). The molecule has 2 rings (SSSR count). The lowest BCUT2D eigenvalue weighted by molar-refractivity contribution is 0.154. The summed E-state index contributed by atoms with van der Waals surface area (Å²) in [5.74, 6) is 0.656. The number of carboxylic acid groups (broad SMARTS) is 1. The zero-order valence-electron chi connectivity index (χ0n) is 10.1. The Morgan fingerprint density at radius 2 is 2.44 bits per heavy atom. The number of anilines is 1. The van der Waals surface area contributed by atoms with Gasteiger partial charge in [-0.05, 0) is 25.5 Å². The molecular formula is C12H14N4O2. The first-order valence-electron chi connectivity index (χ1n) is 5.65. The van der Waals surface area contributed by atoms with Crippen molar-refractivity contribution in [3.63, 3.8) is 0 Å². The fourth-order valence-electron chi connectivity index (χ4n) is 2.07. The fourth-order valence-corrected chi connectivity index (χ4v) is 2.07. The molecule has 1 aliphatic heterocycles. The third kappa shape index (κ3) is 2.51. The summed E-state index contributed by atoms with van der Waals surface area (Å²) in [6, 6.07) is 5.42. The Hall–Kier alpha value is -2.29. The summed E-state index contributed by atoms with van der Waals surface area (Å²) in [5.41, 5.74) is 0.198. The number of hydrogen-bond acceptors (Lipinski definition) is 4. The van der Waals surface area contributed by atoms with Crippen molar-refractivity contribution < 1.29 is 9.90 Å². The third-order valence-electron chi connectivity index (χ3n) is 3.07. The van der Waals surface area contributed by atoms with Gasteiger partial charge < -0.3 is 15.3 Å². The Labute approximate surface area is 105 Å². The minimum Gasteiger partial charge on any atom is -0.465 e. The molecule has 1 saturated heterocycles. The predicted octanol–water partition coefficient (Wildman–Crippen LogP) is 1.51. The van der Waals surface area contributed by atoms with E-state index in [0.29, 0.717) is 24.5 Å². The van der Waals surface area contributed by atoms with Crippen LogP contribution in [0.4, 0.5) is 10.6 Å². The largest absolute Gasteiger partial charge is 0.465 e. The van der Waals surface area contributed by atoms with Crippen LogP contribution in [0.2, 0.25) is 0 Å². The molecule has 18 heavy (non-hydrogen) atoms. The van der Waals surface area contributed by atoms with E-state index in [9.17, 15) is 4.79 Å². The van der Waals surface area contributed by atoms with Crippen LogP contribution in [0.15, 0.2) is 18.3 Å². The normalized spacial score (nSPS) is 22.6. The van der Waals surface area contributed by atoms with Crippen molar-refractivity contribution in [3.05, 3.63) is 23.9 Å². The van der Waals surface area contributed by atoms with Crippen molar-refractivity contribution in [1.82, 2.24) is 9.88 Å². The highest BCUT2D eigenvalue weighted by Crippen LogP contribution is 2.24. The van der Waals surface area contributed by atoms with E-state index in [-0.39, 0.29) is 5.54 Å². The molecule has 1 aromatic heterocycles. The quantitative estimate of drug-likeness (QED) is 0.825. The summed E-state index contributed by atoms with van der Waals surface area (Å²) in [6.07, 6.45) is 1.34. The highest BCUT2D eigenvalue weighted by atomic mass is 16.4. The topological polar surface area (TPSA) is 89.3 Å². The average Bonchev–Trinajstić information content (AvgIpc) is 2.73. The van der Waals surface area contributed by atoms with Gasteiger partial charge in [-0.1, -0.05) is 0 Å². The molecule has 6 heteroatoms. The molecule has 2 N–H and O–H groups in total. The molecule has 0 spiro atoms. The van der Waals surface area contributed by atoms with Crippen molar-refractivity contribution in [2.75, 3.05) is 18.4 Å². The van der Waals surface area contributed by atoms with Gasteiger partial charge in [-0.25, -0.2) is 9.78 Å². The highest BCUT2D eigenvalue weighted by Gasteiger charge is 2.36. The number of aromatic nitrogens is 1. The lowest BCUT2D eigenvalue weighted by Crippen LogP contribution is -2.39. The lowest BCUT2D eigenvalue weighted by Gasteiger charge is -2.26. The number of nitrogens with zero attached hydrogens (tertiary/aromatic N) is 3.